The molecule has 1 aliphatic heterocycles. The van der Waals surface area contributed by atoms with Gasteiger partial charge in [-0.3, -0.25) is 4.79 Å². The van der Waals surface area contributed by atoms with Crippen molar-refractivity contribution in [3.63, 3.8) is 0 Å². The Morgan fingerprint density at radius 2 is 2.24 bits per heavy atom. The summed E-state index contributed by atoms with van der Waals surface area (Å²) in [4.78, 5) is 13.8. The van der Waals surface area contributed by atoms with Crippen molar-refractivity contribution in [2.45, 2.75) is 19.4 Å². The molecule has 92 valence electrons. The third-order valence-electron chi connectivity index (χ3n) is 3.09. The van der Waals surface area contributed by atoms with E-state index < -0.39 is 0 Å². The standard InChI is InChI=1S/C13H18N2O2/c1-4-7-14-12-10-6-5-9(17-3)8-11(10)15(2)13(12)16/h5-6,8,12,14H,4,7H2,1-3H3. The summed E-state index contributed by atoms with van der Waals surface area (Å²) in [6.45, 7) is 2.93. The Bertz CT molecular complexity index is 431. The van der Waals surface area contributed by atoms with E-state index in [1.54, 1.807) is 19.1 Å². The maximum atomic E-state index is 12.1. The number of hydrogen-bond donors (Lipinski definition) is 1. The van der Waals surface area contributed by atoms with Crippen molar-refractivity contribution in [1.82, 2.24) is 5.32 Å². The minimum atomic E-state index is -0.208. The van der Waals surface area contributed by atoms with E-state index in [0.717, 1.165) is 30.0 Å². The highest BCUT2D eigenvalue weighted by atomic mass is 16.5. The molecule has 1 heterocycles. The van der Waals surface area contributed by atoms with Crippen molar-refractivity contribution in [2.24, 2.45) is 0 Å². The van der Waals surface area contributed by atoms with Crippen LogP contribution in [0, 0.1) is 0 Å². The Morgan fingerprint density at radius 1 is 1.47 bits per heavy atom. The highest BCUT2D eigenvalue weighted by Crippen LogP contribution is 2.37. The lowest BCUT2D eigenvalue weighted by atomic mass is 10.1. The van der Waals surface area contributed by atoms with Crippen molar-refractivity contribution in [3.05, 3.63) is 23.8 Å². The number of amides is 1. The average molecular weight is 234 g/mol. The van der Waals surface area contributed by atoms with Crippen molar-refractivity contribution < 1.29 is 9.53 Å². The Morgan fingerprint density at radius 3 is 2.88 bits per heavy atom. The third kappa shape index (κ3) is 2.00. The van der Waals surface area contributed by atoms with Gasteiger partial charge in [-0.1, -0.05) is 13.0 Å². The molecule has 1 amide bonds. The molecule has 17 heavy (non-hydrogen) atoms. The van der Waals surface area contributed by atoms with Crippen molar-refractivity contribution in [3.8, 4) is 5.75 Å². The zero-order valence-corrected chi connectivity index (χ0v) is 10.5. The Kier molecular flexibility index (Phi) is 3.33. The van der Waals surface area contributed by atoms with Crippen LogP contribution in [-0.2, 0) is 4.79 Å². The van der Waals surface area contributed by atoms with E-state index in [4.69, 9.17) is 4.74 Å². The molecule has 0 aliphatic carbocycles. The molecule has 1 aromatic rings. The lowest BCUT2D eigenvalue weighted by Crippen LogP contribution is -2.32. The summed E-state index contributed by atoms with van der Waals surface area (Å²) in [5.41, 5.74) is 1.97. The van der Waals surface area contributed by atoms with E-state index >= 15 is 0 Å². The first kappa shape index (κ1) is 11.9. The van der Waals surface area contributed by atoms with Crippen LogP contribution >= 0.6 is 0 Å². The number of methoxy groups -OCH3 is 1. The first-order chi connectivity index (χ1) is 8.19. The zero-order valence-electron chi connectivity index (χ0n) is 10.5. The number of nitrogens with zero attached hydrogens (tertiary/aromatic N) is 1. The van der Waals surface area contributed by atoms with Crippen LogP contribution in [-0.4, -0.2) is 26.6 Å². The lowest BCUT2D eigenvalue weighted by molar-refractivity contribution is -0.119. The quantitative estimate of drug-likeness (QED) is 0.862. The maximum Gasteiger partial charge on any atom is 0.248 e. The van der Waals surface area contributed by atoms with Gasteiger partial charge >= 0.3 is 0 Å². The number of anilines is 1. The van der Waals surface area contributed by atoms with Crippen LogP contribution in [0.15, 0.2) is 18.2 Å². The topological polar surface area (TPSA) is 41.6 Å². The summed E-state index contributed by atoms with van der Waals surface area (Å²) in [5, 5.41) is 3.27. The van der Waals surface area contributed by atoms with Crippen LogP contribution in [0.4, 0.5) is 5.69 Å². The molecule has 0 aromatic heterocycles. The van der Waals surface area contributed by atoms with Gasteiger partial charge in [-0.2, -0.15) is 0 Å². The summed E-state index contributed by atoms with van der Waals surface area (Å²) in [6, 6.07) is 5.55. The zero-order chi connectivity index (χ0) is 12.4. The summed E-state index contributed by atoms with van der Waals surface area (Å²) < 4.78 is 5.18. The van der Waals surface area contributed by atoms with Gasteiger partial charge in [-0.15, -0.1) is 0 Å². The molecule has 1 N–H and O–H groups in total. The van der Waals surface area contributed by atoms with Gasteiger partial charge in [0.2, 0.25) is 5.91 Å². The number of rotatable bonds is 4. The number of hydrogen-bond acceptors (Lipinski definition) is 3. The van der Waals surface area contributed by atoms with Crippen molar-refractivity contribution >= 4 is 11.6 Å². The Labute approximate surface area is 102 Å². The summed E-state index contributed by atoms with van der Waals surface area (Å²) in [5.74, 6) is 0.876. The molecule has 4 heteroatoms. The van der Waals surface area contributed by atoms with Crippen LogP contribution < -0.4 is 15.0 Å². The van der Waals surface area contributed by atoms with Crippen LogP contribution in [0.3, 0.4) is 0 Å². The van der Waals surface area contributed by atoms with Crippen LogP contribution in [0.2, 0.25) is 0 Å². The third-order valence-corrected chi connectivity index (χ3v) is 3.09. The molecular formula is C13H18N2O2. The van der Waals surface area contributed by atoms with Gasteiger partial charge in [0.05, 0.1) is 12.8 Å². The molecule has 0 bridgehead atoms. The fourth-order valence-electron chi connectivity index (χ4n) is 2.12. The molecule has 0 saturated carbocycles. The van der Waals surface area contributed by atoms with Gasteiger partial charge in [0.15, 0.2) is 0 Å². The molecule has 1 unspecified atom stereocenters. The number of fused-ring (bicyclic) bond motifs is 1. The lowest BCUT2D eigenvalue weighted by Gasteiger charge is -2.11. The normalized spacial score (nSPS) is 18.4. The number of likely N-dealkylation sites (N-methyl/N-ethyl adjacent to an activating group) is 1. The highest BCUT2D eigenvalue weighted by Gasteiger charge is 2.34. The first-order valence-corrected chi connectivity index (χ1v) is 5.88. The fraction of sp³-hybridized carbons (Fsp3) is 0.462. The van der Waals surface area contributed by atoms with E-state index in [0.29, 0.717) is 0 Å². The smallest absolute Gasteiger partial charge is 0.248 e. The number of carbonyl (C=O) groups is 1. The molecule has 0 radical (unpaired) electrons. The molecule has 2 rings (SSSR count). The van der Waals surface area contributed by atoms with E-state index in [-0.39, 0.29) is 11.9 Å². The van der Waals surface area contributed by atoms with E-state index in [2.05, 4.69) is 12.2 Å². The highest BCUT2D eigenvalue weighted by molar-refractivity contribution is 6.04. The first-order valence-electron chi connectivity index (χ1n) is 5.88. The average Bonchev–Trinajstić information content (AvgIpc) is 2.60. The second kappa shape index (κ2) is 4.75. The monoisotopic (exact) mass is 234 g/mol. The summed E-state index contributed by atoms with van der Waals surface area (Å²) >= 11 is 0. The molecule has 1 atom stereocenters. The van der Waals surface area contributed by atoms with E-state index in [1.807, 2.05) is 18.2 Å². The van der Waals surface area contributed by atoms with Crippen molar-refractivity contribution in [1.29, 1.82) is 0 Å². The Hall–Kier alpha value is -1.55. The van der Waals surface area contributed by atoms with E-state index in [1.165, 1.54) is 0 Å². The molecule has 1 aliphatic rings. The molecule has 0 fully saturated rings. The molecule has 4 nitrogen and oxygen atoms in total. The maximum absolute atomic E-state index is 12.1. The number of carbonyl (C=O) groups excluding carboxylic acids is 1. The Balaban J connectivity index is 2.33. The van der Waals surface area contributed by atoms with Gasteiger partial charge in [-0.25, -0.2) is 0 Å². The van der Waals surface area contributed by atoms with Gasteiger partial charge in [-0.05, 0) is 19.0 Å². The second-order valence-corrected chi connectivity index (χ2v) is 4.21. The number of ether oxygens (including phenoxy) is 1. The van der Waals surface area contributed by atoms with Gasteiger partial charge in [0.25, 0.3) is 0 Å². The number of nitrogens with one attached hydrogen (secondary N) is 1. The van der Waals surface area contributed by atoms with E-state index in [9.17, 15) is 4.79 Å². The molecular weight excluding hydrogens is 216 g/mol. The minimum absolute atomic E-state index is 0.0988. The van der Waals surface area contributed by atoms with Crippen LogP contribution in [0.1, 0.15) is 24.9 Å². The SMILES string of the molecule is CCCNC1C(=O)N(C)c2cc(OC)ccc21. The van der Waals surface area contributed by atoms with Crippen LogP contribution in [0.5, 0.6) is 5.75 Å². The summed E-state index contributed by atoms with van der Waals surface area (Å²) in [7, 11) is 3.43. The van der Waals surface area contributed by atoms with Crippen molar-refractivity contribution in [2.75, 3.05) is 25.6 Å². The predicted molar refractivity (Wildman–Crippen MR) is 67.4 cm³/mol. The second-order valence-electron chi connectivity index (χ2n) is 4.21. The minimum Gasteiger partial charge on any atom is -0.497 e. The fourth-order valence-corrected chi connectivity index (χ4v) is 2.12. The van der Waals surface area contributed by atoms with Crippen LogP contribution in [0.25, 0.3) is 0 Å². The van der Waals surface area contributed by atoms with Gasteiger partial charge in [0, 0.05) is 18.7 Å². The molecule has 1 aromatic carbocycles. The summed E-state index contributed by atoms with van der Waals surface area (Å²) in [6.07, 6.45) is 1.01. The predicted octanol–water partition coefficient (Wildman–Crippen LogP) is 1.71. The largest absolute Gasteiger partial charge is 0.497 e. The number of benzene rings is 1. The van der Waals surface area contributed by atoms with Gasteiger partial charge < -0.3 is 15.0 Å². The molecule has 0 saturated heterocycles. The molecule has 0 spiro atoms. The van der Waals surface area contributed by atoms with Gasteiger partial charge in [0.1, 0.15) is 11.8 Å².